The largest absolute Gasteiger partial charge is 0.464 e. The number of rotatable bonds is 14. The zero-order valence-corrected chi connectivity index (χ0v) is 25.6. The molecular weight excluding hydrogens is 512 g/mol. The minimum absolute atomic E-state index is 0.0544. The van der Waals surface area contributed by atoms with Crippen LogP contribution in [-0.4, -0.2) is 52.2 Å². The lowest BCUT2D eigenvalue weighted by Gasteiger charge is -2.36. The number of aromatic nitrogens is 2. The van der Waals surface area contributed by atoms with Crippen LogP contribution in [0.3, 0.4) is 0 Å². The summed E-state index contributed by atoms with van der Waals surface area (Å²) in [7, 11) is -4.07. The first-order valence-electron chi connectivity index (χ1n) is 14.1. The Labute approximate surface area is 234 Å². The van der Waals surface area contributed by atoms with Gasteiger partial charge in [0.05, 0.1) is 29.7 Å². The molecule has 0 unspecified atom stereocenters. The molecule has 2 aromatic heterocycles. The predicted octanol–water partition coefficient (Wildman–Crippen LogP) is 6.03. The van der Waals surface area contributed by atoms with Gasteiger partial charge in [0.2, 0.25) is 15.9 Å². The van der Waals surface area contributed by atoms with Gasteiger partial charge in [0, 0.05) is 31.2 Å². The highest BCUT2D eigenvalue weighted by molar-refractivity contribution is 7.89. The van der Waals surface area contributed by atoms with Crippen molar-refractivity contribution in [1.29, 1.82) is 0 Å². The topological polar surface area (TPSA) is 88.7 Å². The van der Waals surface area contributed by atoms with Crippen molar-refractivity contribution in [3.8, 4) is 0 Å². The number of hydrogen-bond donors (Lipinski definition) is 0. The lowest BCUT2D eigenvalue weighted by Crippen LogP contribution is -2.52. The van der Waals surface area contributed by atoms with E-state index in [9.17, 15) is 13.2 Å². The van der Waals surface area contributed by atoms with E-state index in [4.69, 9.17) is 4.42 Å². The Hall–Kier alpha value is -2.65. The molecule has 0 saturated carbocycles. The summed E-state index contributed by atoms with van der Waals surface area (Å²) in [4.78, 5) is 20.6. The molecule has 0 spiro atoms. The first kappa shape index (κ1) is 30.9. The maximum absolute atomic E-state index is 14.4. The van der Waals surface area contributed by atoms with E-state index in [0.717, 1.165) is 5.69 Å². The number of fused-ring (bicyclic) bond motifs is 1. The summed E-state index contributed by atoms with van der Waals surface area (Å²) in [6, 6.07) is 5.77. The van der Waals surface area contributed by atoms with E-state index in [0.29, 0.717) is 42.9 Å². The second kappa shape index (κ2) is 13.1. The molecule has 8 nitrogen and oxygen atoms in total. The summed E-state index contributed by atoms with van der Waals surface area (Å²) in [6.45, 7) is 18.5. The van der Waals surface area contributed by atoms with E-state index in [1.807, 2.05) is 23.3 Å². The molecule has 0 aliphatic rings. The van der Waals surface area contributed by atoms with Gasteiger partial charge in [-0.15, -0.1) is 0 Å². The fourth-order valence-electron chi connectivity index (χ4n) is 4.94. The fourth-order valence-corrected chi connectivity index (χ4v) is 6.54. The number of benzene rings is 1. The normalized spacial score (nSPS) is 13.5. The molecule has 0 aliphatic carbocycles. The Balaban J connectivity index is 2.15. The lowest BCUT2D eigenvalue weighted by molar-refractivity contribution is -0.137. The van der Waals surface area contributed by atoms with Crippen molar-refractivity contribution < 1.29 is 17.6 Å². The maximum atomic E-state index is 14.4. The molecule has 0 bridgehead atoms. The number of amides is 1. The SMILES string of the molecule is CC(C)C[C@@H](C(=O)N(CC(C)C)CC(C)C)N(Cc1cncn1CC(C)C)S(=O)(=O)c1ccc2occc2c1. The van der Waals surface area contributed by atoms with Crippen molar-refractivity contribution in [1.82, 2.24) is 18.8 Å². The summed E-state index contributed by atoms with van der Waals surface area (Å²) in [5, 5.41) is 0.703. The van der Waals surface area contributed by atoms with Crippen molar-refractivity contribution in [2.75, 3.05) is 13.1 Å². The Morgan fingerprint density at radius 1 is 0.949 bits per heavy atom. The standard InChI is InChI=1S/C30H46N4O4S/c1-21(2)13-28(30(35)32(16-22(3)4)17-23(5)6)34(19-26-15-31-20-33(26)18-24(7)8)39(36,37)27-9-10-29-25(14-27)11-12-38-29/h9-12,14-15,20-24,28H,13,16-19H2,1-8H3/t28-/m0/s1. The van der Waals surface area contributed by atoms with Crippen LogP contribution in [0.25, 0.3) is 11.0 Å². The molecule has 0 N–H and O–H groups in total. The highest BCUT2D eigenvalue weighted by atomic mass is 32.2. The number of carbonyl (C=O) groups is 1. The van der Waals surface area contributed by atoms with Gasteiger partial charge in [-0.05, 0) is 54.4 Å². The van der Waals surface area contributed by atoms with Gasteiger partial charge in [0.15, 0.2) is 0 Å². The molecule has 9 heteroatoms. The molecule has 1 aromatic carbocycles. The highest BCUT2D eigenvalue weighted by Gasteiger charge is 2.39. The van der Waals surface area contributed by atoms with Gasteiger partial charge in [-0.1, -0.05) is 55.4 Å². The number of carbonyl (C=O) groups excluding carboxylic acids is 1. The molecule has 2 heterocycles. The smallest absolute Gasteiger partial charge is 0.244 e. The molecule has 1 atom stereocenters. The van der Waals surface area contributed by atoms with Gasteiger partial charge in [-0.25, -0.2) is 13.4 Å². The van der Waals surface area contributed by atoms with Crippen LogP contribution in [0.2, 0.25) is 0 Å². The van der Waals surface area contributed by atoms with Crippen LogP contribution >= 0.6 is 0 Å². The van der Waals surface area contributed by atoms with E-state index in [2.05, 4.69) is 46.5 Å². The molecule has 1 amide bonds. The molecule has 0 radical (unpaired) electrons. The van der Waals surface area contributed by atoms with E-state index >= 15 is 0 Å². The fraction of sp³-hybridized carbons (Fsp3) is 0.600. The van der Waals surface area contributed by atoms with E-state index in [1.54, 1.807) is 43.1 Å². The molecule has 216 valence electrons. The first-order chi connectivity index (χ1) is 18.3. The van der Waals surface area contributed by atoms with Crippen LogP contribution in [0, 0.1) is 23.7 Å². The Bertz CT molecular complexity index is 1310. The number of hydrogen-bond acceptors (Lipinski definition) is 5. The van der Waals surface area contributed by atoms with Gasteiger partial charge in [0.1, 0.15) is 11.6 Å². The zero-order valence-electron chi connectivity index (χ0n) is 24.8. The summed E-state index contributed by atoms with van der Waals surface area (Å²) in [5.41, 5.74) is 1.38. The number of furan rings is 1. The monoisotopic (exact) mass is 558 g/mol. The Morgan fingerprint density at radius 3 is 2.21 bits per heavy atom. The van der Waals surface area contributed by atoms with Gasteiger partial charge < -0.3 is 13.9 Å². The van der Waals surface area contributed by atoms with Crippen LogP contribution in [0.1, 0.15) is 67.5 Å². The average molecular weight is 559 g/mol. The van der Waals surface area contributed by atoms with E-state index in [-0.39, 0.29) is 35.1 Å². The van der Waals surface area contributed by atoms with Crippen LogP contribution in [-0.2, 0) is 27.9 Å². The molecule has 0 aliphatic heterocycles. The van der Waals surface area contributed by atoms with E-state index in [1.165, 1.54) is 4.31 Å². The third kappa shape index (κ3) is 7.94. The minimum atomic E-state index is -4.07. The van der Waals surface area contributed by atoms with Crippen molar-refractivity contribution in [3.63, 3.8) is 0 Å². The van der Waals surface area contributed by atoms with Crippen LogP contribution in [0.5, 0.6) is 0 Å². The first-order valence-corrected chi connectivity index (χ1v) is 15.5. The number of imidazole rings is 1. The second-order valence-electron chi connectivity index (χ2n) is 12.3. The predicted molar refractivity (Wildman–Crippen MR) is 156 cm³/mol. The van der Waals surface area contributed by atoms with Crippen LogP contribution < -0.4 is 0 Å². The maximum Gasteiger partial charge on any atom is 0.244 e. The van der Waals surface area contributed by atoms with Crippen molar-refractivity contribution in [2.45, 2.75) is 85.8 Å². The molecule has 3 rings (SSSR count). The zero-order chi connectivity index (χ0) is 28.9. The van der Waals surface area contributed by atoms with Crippen molar-refractivity contribution in [3.05, 3.63) is 48.7 Å². The van der Waals surface area contributed by atoms with Crippen molar-refractivity contribution >= 4 is 26.9 Å². The number of sulfonamides is 1. The van der Waals surface area contributed by atoms with Crippen LogP contribution in [0.15, 0.2) is 52.4 Å². The van der Waals surface area contributed by atoms with Crippen LogP contribution in [0.4, 0.5) is 0 Å². The summed E-state index contributed by atoms with van der Waals surface area (Å²) in [6.07, 6.45) is 5.41. The highest BCUT2D eigenvalue weighted by Crippen LogP contribution is 2.29. The molecule has 0 saturated heterocycles. The third-order valence-corrected chi connectivity index (χ3v) is 8.37. The summed E-state index contributed by atoms with van der Waals surface area (Å²) in [5.74, 6) is 0.830. The lowest BCUT2D eigenvalue weighted by atomic mass is 10.0. The molecular formula is C30H46N4O4S. The Morgan fingerprint density at radius 2 is 1.62 bits per heavy atom. The van der Waals surface area contributed by atoms with Gasteiger partial charge >= 0.3 is 0 Å². The quantitative estimate of drug-likeness (QED) is 0.241. The van der Waals surface area contributed by atoms with Gasteiger partial charge in [0.25, 0.3) is 0 Å². The van der Waals surface area contributed by atoms with Gasteiger partial charge in [-0.3, -0.25) is 4.79 Å². The van der Waals surface area contributed by atoms with Crippen molar-refractivity contribution in [2.24, 2.45) is 23.7 Å². The average Bonchev–Trinajstić information content (AvgIpc) is 3.47. The summed E-state index contributed by atoms with van der Waals surface area (Å²) >= 11 is 0. The molecule has 3 aromatic rings. The molecule has 0 fully saturated rings. The second-order valence-corrected chi connectivity index (χ2v) is 14.2. The Kier molecular flexibility index (Phi) is 10.4. The third-order valence-electron chi connectivity index (χ3n) is 6.52. The number of nitrogens with zero attached hydrogens (tertiary/aromatic N) is 4. The van der Waals surface area contributed by atoms with Gasteiger partial charge in [-0.2, -0.15) is 4.31 Å². The minimum Gasteiger partial charge on any atom is -0.464 e. The summed E-state index contributed by atoms with van der Waals surface area (Å²) < 4.78 is 37.7. The molecule has 39 heavy (non-hydrogen) atoms. The van der Waals surface area contributed by atoms with E-state index < -0.39 is 16.1 Å².